The number of imide groups is 2. The molecule has 80 heavy (non-hydrogen) atoms. The number of carbonyl (C=O) groups is 9. The maximum atomic E-state index is 15.5. The fraction of sp³-hybridized carbons (Fsp3) is 0.537. The van der Waals surface area contributed by atoms with Gasteiger partial charge in [0.05, 0.1) is 26.6 Å². The van der Waals surface area contributed by atoms with Crippen LogP contribution in [-0.4, -0.2) is 136 Å². The van der Waals surface area contributed by atoms with E-state index in [9.17, 15) is 49.2 Å². The summed E-state index contributed by atoms with van der Waals surface area (Å²) < 4.78 is -2.02. The Morgan fingerprint density at radius 1 is 0.637 bits per heavy atom. The van der Waals surface area contributed by atoms with Crippen LogP contribution in [0.4, 0.5) is 9.59 Å². The molecular weight excluding hydrogens is 1100 g/mol. The van der Waals surface area contributed by atoms with Gasteiger partial charge in [-0.25, -0.2) is 14.4 Å². The number of rotatable bonds is 33. The van der Waals surface area contributed by atoms with Gasteiger partial charge in [-0.3, -0.25) is 38.6 Å². The fourth-order valence-electron chi connectivity index (χ4n) is 7.91. The Kier molecular flexibility index (Phi) is 30.0. The summed E-state index contributed by atoms with van der Waals surface area (Å²) in [7, 11) is 0. The van der Waals surface area contributed by atoms with Crippen molar-refractivity contribution < 1.29 is 48.3 Å². The van der Waals surface area contributed by atoms with E-state index >= 15 is 9.59 Å². The molecule has 2 rings (SSSR count). The van der Waals surface area contributed by atoms with Crippen LogP contribution in [-0.2, 0) is 33.6 Å². The minimum atomic E-state index is -1.81. The monoisotopic (exact) mass is 1180 g/mol. The SMILES string of the molecule is CC(C)[C@H](N)C(=O)N(C(=O)CCC(C)(C#N)SC(=S)c1ccccc1)[C@@H](CCCNC(N)=O)C(=O)N[C@H](C(=O)N(C(=O)CCC(C)(C#N)SC(=S)c1ccccc1)[C@@H](CCCNC(N)=O)C(=O)N[C@@H](CCCCN)C(=O)O)C(C)C. The largest absolute Gasteiger partial charge is 0.480 e. The number of nitrogens with one attached hydrogen (secondary N) is 4. The van der Waals surface area contributed by atoms with Crippen LogP contribution >= 0.6 is 48.0 Å². The van der Waals surface area contributed by atoms with Gasteiger partial charge in [-0.1, -0.05) is 136 Å². The van der Waals surface area contributed by atoms with E-state index in [0.29, 0.717) is 35.7 Å². The molecule has 26 heteroatoms. The number of hydrogen-bond acceptors (Lipinski definition) is 17. The molecule has 0 bridgehead atoms. The second kappa shape index (κ2) is 34.6. The lowest BCUT2D eigenvalue weighted by atomic mass is 9.96. The van der Waals surface area contributed by atoms with Gasteiger partial charge in [0.1, 0.15) is 33.7 Å². The van der Waals surface area contributed by atoms with Gasteiger partial charge >= 0.3 is 18.0 Å². The molecule has 0 aliphatic carbocycles. The number of hydrogen-bond donors (Lipinski definition) is 9. The summed E-state index contributed by atoms with van der Waals surface area (Å²) in [4.78, 5) is 127. The van der Waals surface area contributed by atoms with Gasteiger partial charge < -0.3 is 49.3 Å². The van der Waals surface area contributed by atoms with Crippen molar-refractivity contribution in [3.05, 3.63) is 71.8 Å². The lowest BCUT2D eigenvalue weighted by molar-refractivity contribution is -0.156. The average Bonchev–Trinajstić information content (AvgIpc) is 3.41. The van der Waals surface area contributed by atoms with Crippen molar-refractivity contribution in [2.75, 3.05) is 19.6 Å². The number of unbranched alkanes of at least 4 members (excludes halogenated alkanes) is 1. The van der Waals surface area contributed by atoms with E-state index in [4.69, 9.17) is 47.4 Å². The second-order valence-electron chi connectivity index (χ2n) is 20.0. The fourth-order valence-corrected chi connectivity index (χ4v) is 11.1. The van der Waals surface area contributed by atoms with E-state index in [1.54, 1.807) is 88.4 Å². The summed E-state index contributed by atoms with van der Waals surface area (Å²) in [5.74, 6) is -9.19. The number of carboxylic acid groups (broad SMARTS) is 1. The first kappa shape index (κ1) is 69.6. The number of benzene rings is 2. The summed E-state index contributed by atoms with van der Waals surface area (Å²) in [6, 6.07) is 12.1. The van der Waals surface area contributed by atoms with Crippen LogP contribution in [0.1, 0.15) is 123 Å². The average molecular weight is 1180 g/mol. The number of urea groups is 2. The van der Waals surface area contributed by atoms with Crippen molar-refractivity contribution in [3.63, 3.8) is 0 Å². The number of carboxylic acids is 1. The van der Waals surface area contributed by atoms with E-state index in [-0.39, 0.29) is 71.0 Å². The van der Waals surface area contributed by atoms with Gasteiger partial charge in [-0.2, -0.15) is 10.5 Å². The Morgan fingerprint density at radius 3 is 1.41 bits per heavy atom. The molecule has 2 unspecified atom stereocenters. The summed E-state index contributed by atoms with van der Waals surface area (Å²) in [5, 5.41) is 41.0. The standard InChI is InChI=1S/C54H76N12O10S4/c1-33(2)42(58)46(71)65(40(67)24-26-53(5,31-56)79-49(77)35-17-9-7-10-18-35)39(23-16-30-62-52(60)76)45(70)64-43(34(3)4)47(72)66(41(68)25-27-54(6,32-57)80-50(78)36-19-11-8-12-20-36)38(22-15-29-61-51(59)75)44(69)63-37(48(73)74)21-13-14-28-55/h7-12,17-20,33-34,37-39,42-43H,13-16,21-30,55,58H2,1-6H3,(H,63,69)(H,64,70)(H,73,74)(H3,59,61,75)(H3,60,62,76)/t37-,38-,39-,42-,43-,53?,54?/m0/s1. The summed E-state index contributed by atoms with van der Waals surface area (Å²) in [6.45, 7) is 9.31. The quantitative estimate of drug-likeness (QED) is 0.0351. The second-order valence-corrected chi connectivity index (χ2v) is 24.3. The number of thiocarbonyl (C=S) groups is 2. The van der Waals surface area contributed by atoms with Crippen molar-refractivity contribution in [1.82, 2.24) is 31.1 Å². The molecule has 0 aliphatic heterocycles. The molecule has 0 saturated carbocycles. The Hall–Kier alpha value is -6.55. The van der Waals surface area contributed by atoms with Crippen LogP contribution in [0.25, 0.3) is 0 Å². The van der Waals surface area contributed by atoms with E-state index in [2.05, 4.69) is 33.4 Å². The van der Waals surface area contributed by atoms with E-state index in [1.807, 2.05) is 0 Å². The van der Waals surface area contributed by atoms with Crippen LogP contribution in [0.5, 0.6) is 0 Å². The van der Waals surface area contributed by atoms with E-state index in [1.165, 1.54) is 13.8 Å². The van der Waals surface area contributed by atoms with Gasteiger partial charge in [0, 0.05) is 25.9 Å². The minimum absolute atomic E-state index is 0.0714. The molecule has 0 aromatic heterocycles. The van der Waals surface area contributed by atoms with Gasteiger partial charge in [-0.15, -0.1) is 0 Å². The zero-order valence-corrected chi connectivity index (χ0v) is 49.3. The maximum absolute atomic E-state index is 15.5. The third-order valence-corrected chi connectivity index (χ3v) is 16.0. The van der Waals surface area contributed by atoms with Gasteiger partial charge in [0.25, 0.3) is 5.91 Å². The van der Waals surface area contributed by atoms with E-state index < -0.39 is 118 Å². The molecule has 22 nitrogen and oxygen atoms in total. The molecule has 436 valence electrons. The Labute approximate surface area is 487 Å². The normalized spacial score (nSPS) is 14.4. The van der Waals surface area contributed by atoms with Crippen LogP contribution < -0.4 is 44.2 Å². The van der Waals surface area contributed by atoms with Crippen LogP contribution in [0.2, 0.25) is 0 Å². The molecule has 2 aromatic carbocycles. The predicted molar refractivity (Wildman–Crippen MR) is 315 cm³/mol. The smallest absolute Gasteiger partial charge is 0.326 e. The third-order valence-electron chi connectivity index (χ3n) is 12.7. The highest BCUT2D eigenvalue weighted by Crippen LogP contribution is 2.35. The van der Waals surface area contributed by atoms with Gasteiger partial charge in [-0.05, 0) is 101 Å². The molecule has 0 fully saturated rings. The highest BCUT2D eigenvalue weighted by atomic mass is 32.2. The number of thioether (sulfide) groups is 2. The third kappa shape index (κ3) is 22.9. The molecule has 10 amide bonds. The van der Waals surface area contributed by atoms with Crippen LogP contribution in [0.3, 0.4) is 0 Å². The summed E-state index contributed by atoms with van der Waals surface area (Å²) >= 11 is 13.3. The molecule has 0 aliphatic rings. The first-order chi connectivity index (χ1) is 37.7. The van der Waals surface area contributed by atoms with Gasteiger partial charge in [0.15, 0.2) is 0 Å². The minimum Gasteiger partial charge on any atom is -0.480 e. The highest BCUT2D eigenvalue weighted by Gasteiger charge is 2.44. The lowest BCUT2D eigenvalue weighted by Gasteiger charge is -2.37. The summed E-state index contributed by atoms with van der Waals surface area (Å²) in [6.07, 6.45) is -1.75. The topological polar surface area (TPSA) is 380 Å². The number of carbonyl (C=O) groups excluding carboxylic acids is 8. The lowest BCUT2D eigenvalue weighted by Crippen LogP contribution is -2.63. The number of primary amides is 2. The van der Waals surface area contributed by atoms with Crippen molar-refractivity contribution in [3.8, 4) is 12.1 Å². The van der Waals surface area contributed by atoms with Crippen molar-refractivity contribution in [2.24, 2.45) is 34.8 Å². The number of amides is 10. The predicted octanol–water partition coefficient (Wildman–Crippen LogP) is 4.50. The Bertz CT molecular complexity index is 2590. The van der Waals surface area contributed by atoms with E-state index in [0.717, 1.165) is 23.5 Å². The molecule has 0 heterocycles. The molecule has 0 radical (unpaired) electrons. The molecule has 0 saturated heterocycles. The maximum Gasteiger partial charge on any atom is 0.326 e. The Balaban J connectivity index is 2.86. The molecule has 0 spiro atoms. The first-order valence-electron chi connectivity index (χ1n) is 26.1. The Morgan fingerprint density at radius 2 is 1.05 bits per heavy atom. The number of aliphatic carboxylic acids is 1. The number of nitrogens with two attached hydrogens (primary N) is 4. The number of nitrogens with zero attached hydrogens (tertiary/aromatic N) is 4. The van der Waals surface area contributed by atoms with Crippen molar-refractivity contribution >= 4 is 110 Å². The summed E-state index contributed by atoms with van der Waals surface area (Å²) in [5.41, 5.74) is 24.0. The molecular formula is C54H76N12O10S4. The van der Waals surface area contributed by atoms with Crippen molar-refractivity contribution in [1.29, 1.82) is 10.5 Å². The zero-order chi connectivity index (χ0) is 60.3. The zero-order valence-electron chi connectivity index (χ0n) is 46.1. The van der Waals surface area contributed by atoms with Crippen LogP contribution in [0, 0.1) is 34.5 Å². The molecule has 2 aromatic rings. The first-order valence-corrected chi connectivity index (χ1v) is 28.6. The highest BCUT2D eigenvalue weighted by molar-refractivity contribution is 8.25. The molecule has 13 N–H and O–H groups in total. The molecule has 7 atom stereocenters. The van der Waals surface area contributed by atoms with Crippen molar-refractivity contribution in [2.45, 2.75) is 152 Å². The number of nitriles is 2. The van der Waals surface area contributed by atoms with Gasteiger partial charge in [0.2, 0.25) is 29.5 Å². The van der Waals surface area contributed by atoms with Crippen LogP contribution in [0.15, 0.2) is 60.7 Å².